The minimum absolute atomic E-state index is 0.102. The van der Waals surface area contributed by atoms with E-state index in [0.29, 0.717) is 26.2 Å². The molecule has 0 saturated carbocycles. The predicted molar refractivity (Wildman–Crippen MR) is 69.9 cm³/mol. The molecule has 2 unspecified atom stereocenters. The van der Waals surface area contributed by atoms with Gasteiger partial charge in [0, 0.05) is 25.6 Å². The second kappa shape index (κ2) is 6.21. The monoisotopic (exact) mass is 305 g/mol. The van der Waals surface area contributed by atoms with Crippen molar-refractivity contribution in [2.75, 3.05) is 19.8 Å². The van der Waals surface area contributed by atoms with Crippen molar-refractivity contribution in [2.45, 2.75) is 31.3 Å². The normalized spacial score (nSPS) is 24.0. The van der Waals surface area contributed by atoms with Gasteiger partial charge in [0.2, 0.25) is 0 Å². The molecule has 0 bridgehead atoms. The van der Waals surface area contributed by atoms with E-state index in [2.05, 4.69) is 10.1 Å². The van der Waals surface area contributed by atoms with Gasteiger partial charge in [0.05, 0.1) is 6.61 Å². The van der Waals surface area contributed by atoms with Crippen LogP contribution >= 0.6 is 0 Å². The number of benzene rings is 1. The zero-order valence-electron chi connectivity index (χ0n) is 11.6. The lowest BCUT2D eigenvalue weighted by atomic mass is 10.0. The van der Waals surface area contributed by atoms with Crippen LogP contribution in [0.15, 0.2) is 24.3 Å². The highest BCUT2D eigenvalue weighted by Crippen LogP contribution is 2.25. The standard InChI is InChI=1S/C14H18F3NO3/c1-10(18-8-13(19)6-7-20-9-13)11-2-4-12(5-3-11)21-14(15,16)17/h2-5,10,18-19H,6-9H2,1H3. The van der Waals surface area contributed by atoms with Crippen LogP contribution in [-0.4, -0.2) is 36.8 Å². The molecule has 1 aromatic rings. The van der Waals surface area contributed by atoms with Gasteiger partial charge in [0.15, 0.2) is 0 Å². The highest BCUT2D eigenvalue weighted by atomic mass is 19.4. The molecule has 0 aliphatic carbocycles. The van der Waals surface area contributed by atoms with Crippen molar-refractivity contribution in [3.05, 3.63) is 29.8 Å². The van der Waals surface area contributed by atoms with Gasteiger partial charge in [-0.2, -0.15) is 0 Å². The van der Waals surface area contributed by atoms with Crippen molar-refractivity contribution < 1.29 is 27.8 Å². The van der Waals surface area contributed by atoms with E-state index >= 15 is 0 Å². The van der Waals surface area contributed by atoms with E-state index in [4.69, 9.17) is 4.74 Å². The molecule has 1 aliphatic rings. The molecule has 2 rings (SSSR count). The second-order valence-electron chi connectivity index (χ2n) is 5.25. The first-order chi connectivity index (χ1) is 9.77. The lowest BCUT2D eigenvalue weighted by molar-refractivity contribution is -0.274. The zero-order chi connectivity index (χ0) is 15.5. The van der Waals surface area contributed by atoms with E-state index in [9.17, 15) is 18.3 Å². The first kappa shape index (κ1) is 16.1. The van der Waals surface area contributed by atoms with E-state index in [1.54, 1.807) is 12.1 Å². The van der Waals surface area contributed by atoms with Gasteiger partial charge < -0.3 is 19.9 Å². The molecule has 0 amide bonds. The van der Waals surface area contributed by atoms with Gasteiger partial charge in [-0.15, -0.1) is 13.2 Å². The predicted octanol–water partition coefficient (Wildman–Crippen LogP) is 2.39. The molecule has 1 fully saturated rings. The smallest absolute Gasteiger partial charge is 0.406 e. The van der Waals surface area contributed by atoms with E-state index in [1.807, 2.05) is 6.92 Å². The summed E-state index contributed by atoms with van der Waals surface area (Å²) >= 11 is 0. The molecule has 1 saturated heterocycles. The highest BCUT2D eigenvalue weighted by Gasteiger charge is 2.32. The fraction of sp³-hybridized carbons (Fsp3) is 0.571. The fourth-order valence-electron chi connectivity index (χ4n) is 2.15. The Morgan fingerprint density at radius 1 is 1.38 bits per heavy atom. The molecule has 1 aromatic carbocycles. The SMILES string of the molecule is CC(NCC1(O)CCOC1)c1ccc(OC(F)(F)F)cc1. The van der Waals surface area contributed by atoms with Crippen LogP contribution in [0.5, 0.6) is 5.75 Å². The van der Waals surface area contributed by atoms with Crippen LogP contribution in [0.4, 0.5) is 13.2 Å². The summed E-state index contributed by atoms with van der Waals surface area (Å²) < 4.78 is 45.2. The van der Waals surface area contributed by atoms with Crippen LogP contribution in [0.25, 0.3) is 0 Å². The van der Waals surface area contributed by atoms with Gasteiger partial charge in [-0.1, -0.05) is 12.1 Å². The van der Waals surface area contributed by atoms with Crippen LogP contribution in [0.3, 0.4) is 0 Å². The third kappa shape index (κ3) is 4.87. The van der Waals surface area contributed by atoms with Gasteiger partial charge in [-0.25, -0.2) is 0 Å². The molecule has 4 nitrogen and oxygen atoms in total. The minimum Gasteiger partial charge on any atom is -0.406 e. The Morgan fingerprint density at radius 3 is 2.57 bits per heavy atom. The molecule has 1 heterocycles. The lowest BCUT2D eigenvalue weighted by Gasteiger charge is -2.24. The van der Waals surface area contributed by atoms with Crippen LogP contribution in [0, 0.1) is 0 Å². The van der Waals surface area contributed by atoms with Crippen molar-refractivity contribution in [2.24, 2.45) is 0 Å². The summed E-state index contributed by atoms with van der Waals surface area (Å²) in [5.41, 5.74) is -0.0554. The van der Waals surface area contributed by atoms with Crippen molar-refractivity contribution in [3.63, 3.8) is 0 Å². The number of nitrogens with one attached hydrogen (secondary N) is 1. The van der Waals surface area contributed by atoms with Crippen molar-refractivity contribution in [1.82, 2.24) is 5.32 Å². The fourth-order valence-corrected chi connectivity index (χ4v) is 2.15. The van der Waals surface area contributed by atoms with Crippen molar-refractivity contribution >= 4 is 0 Å². The topological polar surface area (TPSA) is 50.7 Å². The molecule has 7 heteroatoms. The number of alkyl halides is 3. The van der Waals surface area contributed by atoms with Crippen molar-refractivity contribution in [3.8, 4) is 5.75 Å². The first-order valence-corrected chi connectivity index (χ1v) is 6.67. The lowest BCUT2D eigenvalue weighted by Crippen LogP contribution is -2.41. The Kier molecular flexibility index (Phi) is 4.75. The van der Waals surface area contributed by atoms with Crippen LogP contribution < -0.4 is 10.1 Å². The largest absolute Gasteiger partial charge is 0.573 e. The van der Waals surface area contributed by atoms with Gasteiger partial charge in [-0.05, 0) is 24.6 Å². The maximum absolute atomic E-state index is 12.1. The summed E-state index contributed by atoms with van der Waals surface area (Å²) in [6.45, 7) is 3.08. The molecule has 2 atom stereocenters. The molecular formula is C14H18F3NO3. The van der Waals surface area contributed by atoms with Crippen LogP contribution in [0.1, 0.15) is 24.9 Å². The Balaban J connectivity index is 1.89. The van der Waals surface area contributed by atoms with E-state index in [0.717, 1.165) is 5.56 Å². The number of ether oxygens (including phenoxy) is 2. The summed E-state index contributed by atoms with van der Waals surface area (Å²) in [6.07, 6.45) is -4.11. The maximum Gasteiger partial charge on any atom is 0.573 e. The van der Waals surface area contributed by atoms with Crippen LogP contribution in [0.2, 0.25) is 0 Å². The molecule has 118 valence electrons. The Hall–Kier alpha value is -1.31. The highest BCUT2D eigenvalue weighted by molar-refractivity contribution is 5.29. The number of hydrogen-bond donors (Lipinski definition) is 2. The summed E-state index contributed by atoms with van der Waals surface area (Å²) in [6, 6.07) is 5.57. The van der Waals surface area contributed by atoms with E-state index in [-0.39, 0.29) is 11.8 Å². The molecule has 1 aliphatic heterocycles. The summed E-state index contributed by atoms with van der Waals surface area (Å²) in [4.78, 5) is 0. The number of aliphatic hydroxyl groups is 1. The molecule has 0 aromatic heterocycles. The van der Waals surface area contributed by atoms with Gasteiger partial charge in [0.1, 0.15) is 11.4 Å². The van der Waals surface area contributed by atoms with Gasteiger partial charge in [-0.3, -0.25) is 0 Å². The average Bonchev–Trinajstić information content (AvgIpc) is 2.82. The summed E-state index contributed by atoms with van der Waals surface area (Å²) in [5, 5.41) is 13.3. The van der Waals surface area contributed by atoms with Gasteiger partial charge >= 0.3 is 6.36 Å². The molecule has 2 N–H and O–H groups in total. The average molecular weight is 305 g/mol. The number of hydrogen-bond acceptors (Lipinski definition) is 4. The maximum atomic E-state index is 12.1. The van der Waals surface area contributed by atoms with Crippen molar-refractivity contribution in [1.29, 1.82) is 0 Å². The molecule has 0 spiro atoms. The van der Waals surface area contributed by atoms with E-state index < -0.39 is 12.0 Å². The van der Waals surface area contributed by atoms with Crippen LogP contribution in [-0.2, 0) is 4.74 Å². The third-order valence-corrected chi connectivity index (χ3v) is 3.43. The zero-order valence-corrected chi connectivity index (χ0v) is 11.6. The quantitative estimate of drug-likeness (QED) is 0.877. The first-order valence-electron chi connectivity index (χ1n) is 6.67. The minimum atomic E-state index is -4.68. The van der Waals surface area contributed by atoms with Gasteiger partial charge in [0.25, 0.3) is 0 Å². The summed E-state index contributed by atoms with van der Waals surface area (Å²) in [7, 11) is 0. The Bertz CT molecular complexity index is 456. The number of halogens is 3. The molecule has 0 radical (unpaired) electrons. The number of rotatable bonds is 5. The van der Waals surface area contributed by atoms with E-state index in [1.165, 1.54) is 12.1 Å². The molecular weight excluding hydrogens is 287 g/mol. The Labute approximate surface area is 120 Å². The second-order valence-corrected chi connectivity index (χ2v) is 5.25. The Morgan fingerprint density at radius 2 is 2.05 bits per heavy atom. The third-order valence-electron chi connectivity index (χ3n) is 3.43. The molecule has 21 heavy (non-hydrogen) atoms. The summed E-state index contributed by atoms with van der Waals surface area (Å²) in [5.74, 6) is -0.249.